The number of benzene rings is 1. The van der Waals surface area contributed by atoms with E-state index < -0.39 is 10.0 Å². The smallest absolute Gasteiger partial charge is 0.240 e. The van der Waals surface area contributed by atoms with Gasteiger partial charge in [0.25, 0.3) is 0 Å². The fourth-order valence-corrected chi connectivity index (χ4v) is 2.97. The van der Waals surface area contributed by atoms with E-state index >= 15 is 0 Å². The Labute approximate surface area is 121 Å². The summed E-state index contributed by atoms with van der Waals surface area (Å²) in [7, 11) is -3.47. The number of nitrogens with two attached hydrogens (primary N) is 1. The van der Waals surface area contributed by atoms with Crippen LogP contribution >= 0.6 is 0 Å². The first-order chi connectivity index (χ1) is 9.55. The SMILES string of the molecule is CCCCCNS(=O)(=O)c1ccc(OCC)c(CN)c1. The quantitative estimate of drug-likeness (QED) is 0.684. The third kappa shape index (κ3) is 4.77. The molecule has 0 saturated carbocycles. The summed E-state index contributed by atoms with van der Waals surface area (Å²) in [6.07, 6.45) is 2.92. The van der Waals surface area contributed by atoms with Crippen LogP contribution < -0.4 is 15.2 Å². The Balaban J connectivity index is 2.84. The average Bonchev–Trinajstić information content (AvgIpc) is 2.44. The summed E-state index contributed by atoms with van der Waals surface area (Å²) < 4.78 is 32.3. The van der Waals surface area contributed by atoms with Crippen molar-refractivity contribution < 1.29 is 13.2 Å². The first kappa shape index (κ1) is 16.9. The van der Waals surface area contributed by atoms with Crippen molar-refractivity contribution in [2.45, 2.75) is 44.6 Å². The summed E-state index contributed by atoms with van der Waals surface area (Å²) in [6, 6.07) is 4.78. The Morgan fingerprint density at radius 2 is 2.00 bits per heavy atom. The van der Waals surface area contributed by atoms with Crippen LogP contribution in [-0.4, -0.2) is 21.6 Å². The Bertz CT molecular complexity index is 515. The lowest BCUT2D eigenvalue weighted by atomic mass is 10.2. The van der Waals surface area contributed by atoms with E-state index in [9.17, 15) is 8.42 Å². The summed E-state index contributed by atoms with van der Waals surface area (Å²) in [6.45, 7) is 5.18. The van der Waals surface area contributed by atoms with Gasteiger partial charge in [-0.3, -0.25) is 0 Å². The van der Waals surface area contributed by atoms with Gasteiger partial charge in [-0.05, 0) is 31.5 Å². The van der Waals surface area contributed by atoms with E-state index in [1.165, 1.54) is 0 Å². The standard InChI is InChI=1S/C14H24N2O3S/c1-3-5-6-9-16-20(17,18)13-7-8-14(19-4-2)12(10-13)11-15/h7-8,10,16H,3-6,9,11,15H2,1-2H3. The van der Waals surface area contributed by atoms with E-state index in [1.807, 2.05) is 6.92 Å². The Morgan fingerprint density at radius 3 is 2.60 bits per heavy atom. The minimum absolute atomic E-state index is 0.234. The molecule has 0 aromatic heterocycles. The van der Waals surface area contributed by atoms with Gasteiger partial charge in [0.2, 0.25) is 10.0 Å². The van der Waals surface area contributed by atoms with E-state index in [2.05, 4.69) is 11.6 Å². The molecule has 0 heterocycles. The highest BCUT2D eigenvalue weighted by molar-refractivity contribution is 7.89. The maximum atomic E-state index is 12.1. The van der Waals surface area contributed by atoms with Gasteiger partial charge in [-0.15, -0.1) is 0 Å². The number of rotatable bonds is 9. The first-order valence-electron chi connectivity index (χ1n) is 7.00. The molecular weight excluding hydrogens is 276 g/mol. The van der Waals surface area contributed by atoms with Gasteiger partial charge in [0.1, 0.15) is 5.75 Å². The highest BCUT2D eigenvalue weighted by Gasteiger charge is 2.15. The number of hydrogen-bond acceptors (Lipinski definition) is 4. The van der Waals surface area contributed by atoms with Gasteiger partial charge in [-0.1, -0.05) is 19.8 Å². The van der Waals surface area contributed by atoms with Crippen LogP contribution in [0.2, 0.25) is 0 Å². The molecule has 0 spiro atoms. The van der Waals surface area contributed by atoms with Crippen LogP contribution in [0.5, 0.6) is 5.75 Å². The second-order valence-corrected chi connectivity index (χ2v) is 6.28. The van der Waals surface area contributed by atoms with E-state index in [1.54, 1.807) is 18.2 Å². The van der Waals surface area contributed by atoms with Crippen LogP contribution in [0.25, 0.3) is 0 Å². The average molecular weight is 300 g/mol. The van der Waals surface area contributed by atoms with Crippen molar-refractivity contribution >= 4 is 10.0 Å². The first-order valence-corrected chi connectivity index (χ1v) is 8.49. The fourth-order valence-electron chi connectivity index (χ4n) is 1.84. The molecule has 5 nitrogen and oxygen atoms in total. The topological polar surface area (TPSA) is 81.4 Å². The number of nitrogens with one attached hydrogen (secondary N) is 1. The van der Waals surface area contributed by atoms with Crippen LogP contribution in [-0.2, 0) is 16.6 Å². The summed E-state index contributed by atoms with van der Waals surface area (Å²) in [4.78, 5) is 0.234. The van der Waals surface area contributed by atoms with Crippen molar-refractivity contribution in [1.29, 1.82) is 0 Å². The molecule has 1 rings (SSSR count). The van der Waals surface area contributed by atoms with Gasteiger partial charge in [0.15, 0.2) is 0 Å². The van der Waals surface area contributed by atoms with Gasteiger partial charge in [0, 0.05) is 18.7 Å². The van der Waals surface area contributed by atoms with Crippen LogP contribution in [0.4, 0.5) is 0 Å². The van der Waals surface area contributed by atoms with Crippen LogP contribution in [0.1, 0.15) is 38.7 Å². The maximum Gasteiger partial charge on any atom is 0.240 e. The Morgan fingerprint density at radius 1 is 1.25 bits per heavy atom. The third-order valence-corrected chi connectivity index (χ3v) is 4.39. The van der Waals surface area contributed by atoms with E-state index in [0.717, 1.165) is 19.3 Å². The second kappa shape index (κ2) is 8.24. The molecule has 0 atom stereocenters. The van der Waals surface area contributed by atoms with Crippen molar-refractivity contribution in [1.82, 2.24) is 4.72 Å². The maximum absolute atomic E-state index is 12.1. The molecule has 0 fully saturated rings. The van der Waals surface area contributed by atoms with Crippen molar-refractivity contribution in [3.63, 3.8) is 0 Å². The zero-order valence-electron chi connectivity index (χ0n) is 12.2. The normalized spacial score (nSPS) is 11.6. The molecule has 20 heavy (non-hydrogen) atoms. The van der Waals surface area contributed by atoms with E-state index in [0.29, 0.717) is 24.5 Å². The Kier molecular flexibility index (Phi) is 6.98. The number of hydrogen-bond donors (Lipinski definition) is 2. The summed E-state index contributed by atoms with van der Waals surface area (Å²) in [5, 5.41) is 0. The highest BCUT2D eigenvalue weighted by Crippen LogP contribution is 2.22. The summed E-state index contributed by atoms with van der Waals surface area (Å²) >= 11 is 0. The molecule has 0 radical (unpaired) electrons. The van der Waals surface area contributed by atoms with Gasteiger partial charge in [-0.2, -0.15) is 0 Å². The highest BCUT2D eigenvalue weighted by atomic mass is 32.2. The molecule has 0 aliphatic rings. The molecule has 114 valence electrons. The van der Waals surface area contributed by atoms with Gasteiger partial charge in [0.05, 0.1) is 11.5 Å². The molecule has 3 N–H and O–H groups in total. The molecule has 0 unspecified atom stereocenters. The van der Waals surface area contributed by atoms with Crippen molar-refractivity contribution in [3.8, 4) is 5.75 Å². The number of unbranched alkanes of at least 4 members (excludes halogenated alkanes) is 2. The molecule has 1 aromatic rings. The lowest BCUT2D eigenvalue weighted by molar-refractivity contribution is 0.336. The lowest BCUT2D eigenvalue weighted by Gasteiger charge is -2.12. The van der Waals surface area contributed by atoms with E-state index in [4.69, 9.17) is 10.5 Å². The summed E-state index contributed by atoms with van der Waals surface area (Å²) in [5.74, 6) is 0.639. The van der Waals surface area contributed by atoms with Gasteiger partial charge in [-0.25, -0.2) is 13.1 Å². The molecule has 6 heteroatoms. The van der Waals surface area contributed by atoms with Crippen molar-refractivity contribution in [2.24, 2.45) is 5.73 Å². The number of ether oxygens (including phenoxy) is 1. The number of sulfonamides is 1. The Hall–Kier alpha value is -1.11. The zero-order valence-corrected chi connectivity index (χ0v) is 13.0. The third-order valence-electron chi connectivity index (χ3n) is 2.93. The molecule has 0 bridgehead atoms. The van der Waals surface area contributed by atoms with Crippen LogP contribution in [0, 0.1) is 0 Å². The molecule has 1 aromatic carbocycles. The lowest BCUT2D eigenvalue weighted by Crippen LogP contribution is -2.25. The summed E-state index contributed by atoms with van der Waals surface area (Å²) in [5.41, 5.74) is 6.34. The zero-order chi connectivity index (χ0) is 15.0. The van der Waals surface area contributed by atoms with Gasteiger partial charge < -0.3 is 10.5 Å². The van der Waals surface area contributed by atoms with Crippen LogP contribution in [0.15, 0.2) is 23.1 Å². The monoisotopic (exact) mass is 300 g/mol. The van der Waals surface area contributed by atoms with Crippen LogP contribution in [0.3, 0.4) is 0 Å². The van der Waals surface area contributed by atoms with Crippen molar-refractivity contribution in [2.75, 3.05) is 13.2 Å². The van der Waals surface area contributed by atoms with Crippen molar-refractivity contribution in [3.05, 3.63) is 23.8 Å². The predicted molar refractivity (Wildman–Crippen MR) is 80.2 cm³/mol. The minimum Gasteiger partial charge on any atom is -0.494 e. The van der Waals surface area contributed by atoms with E-state index in [-0.39, 0.29) is 11.4 Å². The molecule has 0 aliphatic heterocycles. The fraction of sp³-hybridized carbons (Fsp3) is 0.571. The molecule has 0 saturated heterocycles. The van der Waals surface area contributed by atoms with Gasteiger partial charge >= 0.3 is 0 Å². The predicted octanol–water partition coefficient (Wildman–Crippen LogP) is 2.01. The second-order valence-electron chi connectivity index (χ2n) is 4.51. The molecule has 0 aliphatic carbocycles. The molecule has 0 amide bonds. The molecular formula is C14H24N2O3S. The minimum atomic E-state index is -3.47. The largest absolute Gasteiger partial charge is 0.494 e.